The second kappa shape index (κ2) is 11.8. The number of aromatic nitrogens is 2. The average molecular weight is 501 g/mol. The summed E-state index contributed by atoms with van der Waals surface area (Å²) in [5.41, 5.74) is 3.75. The van der Waals surface area contributed by atoms with Crippen LogP contribution in [-0.2, 0) is 4.74 Å². The molecule has 1 aromatic heterocycles. The first-order valence-electron chi connectivity index (χ1n) is 12.9. The standard InChI is InChI=1S/C28H32N6O3/c35-27(33-21-5-1-2-6-21)20-10-8-19(9-11-20)24-17-25(31-18-30-24)32-22-12-14-23(15-13-22)34-28(36)37-26-7-3-4-16-29-26/h8-15,17-18,21,26,29H,1-7,16H2,(H,33,35)(H,34,36)(H,30,31,32)/t26-/m0/s1. The summed E-state index contributed by atoms with van der Waals surface area (Å²) in [5, 5.41) is 12.3. The molecule has 2 aromatic carbocycles. The molecule has 2 amide bonds. The Morgan fingerprint density at radius 2 is 1.59 bits per heavy atom. The Morgan fingerprint density at radius 1 is 0.865 bits per heavy atom. The van der Waals surface area contributed by atoms with E-state index in [9.17, 15) is 9.59 Å². The molecular formula is C28H32N6O3. The number of carbonyl (C=O) groups excluding carboxylic acids is 2. The van der Waals surface area contributed by atoms with Gasteiger partial charge in [0.05, 0.1) is 5.69 Å². The number of benzene rings is 2. The Hall–Kier alpha value is -3.98. The minimum atomic E-state index is -0.470. The highest BCUT2D eigenvalue weighted by molar-refractivity contribution is 5.94. The summed E-state index contributed by atoms with van der Waals surface area (Å²) in [6.45, 7) is 0.867. The topological polar surface area (TPSA) is 117 Å². The molecule has 0 spiro atoms. The lowest BCUT2D eigenvalue weighted by Gasteiger charge is -2.23. The summed E-state index contributed by atoms with van der Waals surface area (Å²) >= 11 is 0. The maximum absolute atomic E-state index is 12.5. The predicted molar refractivity (Wildman–Crippen MR) is 143 cm³/mol. The van der Waals surface area contributed by atoms with Gasteiger partial charge in [-0.1, -0.05) is 25.0 Å². The maximum atomic E-state index is 12.5. The molecule has 5 rings (SSSR count). The van der Waals surface area contributed by atoms with E-state index in [-0.39, 0.29) is 12.1 Å². The van der Waals surface area contributed by atoms with Crippen LogP contribution in [0.2, 0.25) is 0 Å². The fourth-order valence-electron chi connectivity index (χ4n) is 4.70. The lowest BCUT2D eigenvalue weighted by Crippen LogP contribution is -2.38. The van der Waals surface area contributed by atoms with Crippen molar-refractivity contribution in [1.29, 1.82) is 0 Å². The number of ether oxygens (including phenoxy) is 1. The van der Waals surface area contributed by atoms with Crippen molar-refractivity contribution in [3.05, 3.63) is 66.5 Å². The van der Waals surface area contributed by atoms with E-state index < -0.39 is 6.09 Å². The highest BCUT2D eigenvalue weighted by Crippen LogP contribution is 2.23. The monoisotopic (exact) mass is 500 g/mol. The van der Waals surface area contributed by atoms with Crippen molar-refractivity contribution in [3.8, 4) is 11.3 Å². The molecule has 2 heterocycles. The molecule has 2 fully saturated rings. The number of amides is 2. The van der Waals surface area contributed by atoms with Gasteiger partial charge in [-0.05, 0) is 75.0 Å². The van der Waals surface area contributed by atoms with E-state index in [0.29, 0.717) is 23.1 Å². The molecule has 2 aliphatic rings. The van der Waals surface area contributed by atoms with Gasteiger partial charge in [-0.25, -0.2) is 14.8 Å². The number of nitrogens with one attached hydrogen (secondary N) is 4. The van der Waals surface area contributed by atoms with E-state index in [2.05, 4.69) is 31.2 Å². The van der Waals surface area contributed by atoms with Crippen LogP contribution in [0.4, 0.5) is 22.0 Å². The first-order chi connectivity index (χ1) is 18.1. The van der Waals surface area contributed by atoms with Gasteiger partial charge in [0.2, 0.25) is 0 Å². The molecule has 9 nitrogen and oxygen atoms in total. The van der Waals surface area contributed by atoms with Crippen LogP contribution in [0.15, 0.2) is 60.9 Å². The molecule has 1 aliphatic carbocycles. The van der Waals surface area contributed by atoms with Gasteiger partial charge in [0, 0.05) is 34.6 Å². The average Bonchev–Trinajstić information content (AvgIpc) is 3.44. The van der Waals surface area contributed by atoms with Crippen LogP contribution < -0.4 is 21.3 Å². The molecule has 0 radical (unpaired) electrons. The van der Waals surface area contributed by atoms with Gasteiger partial charge >= 0.3 is 6.09 Å². The van der Waals surface area contributed by atoms with Crippen LogP contribution in [-0.4, -0.2) is 40.8 Å². The van der Waals surface area contributed by atoms with Crippen molar-refractivity contribution in [2.24, 2.45) is 0 Å². The number of nitrogens with zero attached hydrogens (tertiary/aromatic N) is 2. The van der Waals surface area contributed by atoms with Crippen LogP contribution in [0.5, 0.6) is 0 Å². The fraction of sp³-hybridized carbons (Fsp3) is 0.357. The highest BCUT2D eigenvalue weighted by atomic mass is 16.6. The molecule has 4 N–H and O–H groups in total. The molecule has 9 heteroatoms. The Balaban J connectivity index is 1.16. The largest absolute Gasteiger partial charge is 0.430 e. The third-order valence-electron chi connectivity index (χ3n) is 6.72. The number of hydrogen-bond donors (Lipinski definition) is 4. The van der Waals surface area contributed by atoms with Gasteiger partial charge in [0.25, 0.3) is 5.91 Å². The number of anilines is 3. The molecule has 1 saturated carbocycles. The molecule has 0 bridgehead atoms. The first kappa shape index (κ1) is 24.7. The third kappa shape index (κ3) is 6.83. The third-order valence-corrected chi connectivity index (χ3v) is 6.72. The van der Waals surface area contributed by atoms with Crippen LogP contribution in [0.1, 0.15) is 55.3 Å². The van der Waals surface area contributed by atoms with Crippen molar-refractivity contribution < 1.29 is 14.3 Å². The van der Waals surface area contributed by atoms with E-state index >= 15 is 0 Å². The number of hydrogen-bond acceptors (Lipinski definition) is 7. The summed E-state index contributed by atoms with van der Waals surface area (Å²) < 4.78 is 5.41. The van der Waals surface area contributed by atoms with Crippen molar-refractivity contribution in [2.45, 2.75) is 57.2 Å². The highest BCUT2D eigenvalue weighted by Gasteiger charge is 2.18. The summed E-state index contributed by atoms with van der Waals surface area (Å²) in [7, 11) is 0. The SMILES string of the molecule is O=C(Nc1ccc(Nc2cc(-c3ccc(C(=O)NC4CCCC4)cc3)ncn2)cc1)O[C@H]1CCCCN1. The lowest BCUT2D eigenvalue weighted by molar-refractivity contribution is 0.0716. The first-order valence-corrected chi connectivity index (χ1v) is 12.9. The van der Waals surface area contributed by atoms with Crippen molar-refractivity contribution >= 4 is 29.2 Å². The van der Waals surface area contributed by atoms with E-state index in [1.54, 1.807) is 12.1 Å². The number of piperidine rings is 1. The Bertz CT molecular complexity index is 1200. The van der Waals surface area contributed by atoms with Crippen LogP contribution in [0, 0.1) is 0 Å². The van der Waals surface area contributed by atoms with Gasteiger partial charge < -0.3 is 15.4 Å². The molecule has 37 heavy (non-hydrogen) atoms. The Morgan fingerprint density at radius 3 is 2.32 bits per heavy atom. The number of rotatable bonds is 7. The molecule has 1 atom stereocenters. The molecule has 1 aliphatic heterocycles. The summed E-state index contributed by atoms with van der Waals surface area (Å²) in [5.74, 6) is 0.608. The smallest absolute Gasteiger partial charge is 0.413 e. The lowest BCUT2D eigenvalue weighted by atomic mass is 10.1. The zero-order valence-corrected chi connectivity index (χ0v) is 20.7. The second-order valence-electron chi connectivity index (χ2n) is 9.49. The quantitative estimate of drug-likeness (QED) is 0.352. The van der Waals surface area contributed by atoms with Crippen molar-refractivity contribution in [2.75, 3.05) is 17.2 Å². The van der Waals surface area contributed by atoms with Crippen molar-refractivity contribution in [3.63, 3.8) is 0 Å². The van der Waals surface area contributed by atoms with Gasteiger partial charge in [-0.3, -0.25) is 15.4 Å². The summed E-state index contributed by atoms with van der Waals surface area (Å²) in [4.78, 5) is 33.3. The Labute approximate surface area is 216 Å². The van der Waals surface area contributed by atoms with Crippen LogP contribution in [0.3, 0.4) is 0 Å². The van der Waals surface area contributed by atoms with Gasteiger partial charge in [0.15, 0.2) is 6.23 Å². The predicted octanol–water partition coefficient (Wildman–Crippen LogP) is 5.21. The summed E-state index contributed by atoms with van der Waals surface area (Å²) in [6.07, 6.45) is 8.28. The van der Waals surface area contributed by atoms with Crippen LogP contribution in [0.25, 0.3) is 11.3 Å². The number of carbonyl (C=O) groups is 2. The minimum Gasteiger partial charge on any atom is -0.430 e. The van der Waals surface area contributed by atoms with Gasteiger partial charge in [-0.15, -0.1) is 0 Å². The Kier molecular flexibility index (Phi) is 7.90. The second-order valence-corrected chi connectivity index (χ2v) is 9.49. The van der Waals surface area contributed by atoms with Gasteiger partial charge in [0.1, 0.15) is 12.1 Å². The molecule has 3 aromatic rings. The molecule has 0 unspecified atom stereocenters. The normalized spacial score (nSPS) is 17.7. The maximum Gasteiger partial charge on any atom is 0.413 e. The van der Waals surface area contributed by atoms with Crippen molar-refractivity contribution in [1.82, 2.24) is 20.6 Å². The molecule has 192 valence electrons. The van der Waals surface area contributed by atoms with E-state index in [4.69, 9.17) is 4.74 Å². The van der Waals surface area contributed by atoms with Crippen LogP contribution >= 0.6 is 0 Å². The zero-order valence-electron chi connectivity index (χ0n) is 20.7. The molecule has 1 saturated heterocycles. The minimum absolute atomic E-state index is 0.0275. The zero-order chi connectivity index (χ0) is 25.5. The van der Waals surface area contributed by atoms with E-state index in [1.807, 2.05) is 42.5 Å². The van der Waals surface area contributed by atoms with E-state index in [1.165, 1.54) is 19.2 Å². The van der Waals surface area contributed by atoms with Gasteiger partial charge in [-0.2, -0.15) is 0 Å². The molecular weight excluding hydrogens is 468 g/mol. The fourth-order valence-corrected chi connectivity index (χ4v) is 4.70. The van der Waals surface area contributed by atoms with E-state index in [0.717, 1.165) is 55.6 Å². The summed E-state index contributed by atoms with van der Waals surface area (Å²) in [6, 6.07) is 16.9.